The van der Waals surface area contributed by atoms with Crippen LogP contribution in [0, 0.1) is 0 Å². The molecule has 0 saturated carbocycles. The number of aliphatic imine (C=N–C) groups is 1. The fraction of sp³-hybridized carbons (Fsp3) is 0.667. The zero-order valence-corrected chi connectivity index (χ0v) is 9.00. The summed E-state index contributed by atoms with van der Waals surface area (Å²) in [6.07, 6.45) is 0. The maximum absolute atomic E-state index is 11.4. The Bertz CT molecular complexity index is 331. The molecule has 13 heavy (non-hydrogen) atoms. The lowest BCUT2D eigenvalue weighted by molar-refractivity contribution is -0.122. The van der Waals surface area contributed by atoms with Crippen LogP contribution in [0.15, 0.2) is 15.2 Å². The van der Waals surface area contributed by atoms with Gasteiger partial charge in [0.25, 0.3) is 5.91 Å². The van der Waals surface area contributed by atoms with E-state index in [4.69, 9.17) is 11.6 Å². The van der Waals surface area contributed by atoms with Gasteiger partial charge in [-0.3, -0.25) is 10.1 Å². The molecule has 3 atom stereocenters. The fourth-order valence-corrected chi connectivity index (χ4v) is 2.06. The lowest BCUT2D eigenvalue weighted by Gasteiger charge is -2.29. The number of halogens is 2. The first-order chi connectivity index (χ1) is 6.04. The zero-order valence-electron chi connectivity index (χ0n) is 6.66. The number of hydrogen-bond donors (Lipinski definition) is 1. The van der Waals surface area contributed by atoms with Crippen LogP contribution in [0.5, 0.6) is 0 Å². The van der Waals surface area contributed by atoms with E-state index in [9.17, 15) is 4.79 Å². The van der Waals surface area contributed by atoms with Crippen molar-refractivity contribution >= 4 is 38.7 Å². The molecule has 0 saturated heterocycles. The average molecular weight is 265 g/mol. The summed E-state index contributed by atoms with van der Waals surface area (Å²) < 4.78 is 0. The third kappa shape index (κ3) is 1.20. The first kappa shape index (κ1) is 9.08. The van der Waals surface area contributed by atoms with E-state index >= 15 is 0 Å². The number of rotatable bonds is 0. The van der Waals surface area contributed by atoms with Crippen molar-refractivity contribution in [2.75, 3.05) is 0 Å². The van der Waals surface area contributed by atoms with Crippen LogP contribution in [-0.4, -0.2) is 27.7 Å². The molecule has 0 bridgehead atoms. The average Bonchev–Trinajstić information content (AvgIpc) is 2.27. The Balaban J connectivity index is 2.46. The molecule has 5 nitrogen and oxygen atoms in total. The molecule has 2 rings (SSSR count). The Morgan fingerprint density at radius 1 is 1.62 bits per heavy atom. The molecular weight excluding hydrogens is 259 g/mol. The molecule has 2 aliphatic heterocycles. The van der Waals surface area contributed by atoms with Crippen LogP contribution in [0.4, 0.5) is 0 Å². The Labute approximate surface area is 87.8 Å². The summed E-state index contributed by atoms with van der Waals surface area (Å²) in [7, 11) is 0. The van der Waals surface area contributed by atoms with Crippen molar-refractivity contribution in [2.45, 2.75) is 23.5 Å². The van der Waals surface area contributed by atoms with Crippen LogP contribution in [0.25, 0.3) is 0 Å². The minimum absolute atomic E-state index is 0.0977. The van der Waals surface area contributed by atoms with Crippen LogP contribution in [0.1, 0.15) is 6.92 Å². The van der Waals surface area contributed by atoms with Gasteiger partial charge in [0.1, 0.15) is 5.54 Å². The summed E-state index contributed by atoms with van der Waals surface area (Å²) in [4.78, 5) is 15.2. The fourth-order valence-electron chi connectivity index (χ4n) is 1.33. The van der Waals surface area contributed by atoms with Gasteiger partial charge in [-0.25, -0.2) is 4.99 Å². The molecule has 0 aromatic rings. The van der Waals surface area contributed by atoms with Crippen molar-refractivity contribution in [1.82, 2.24) is 5.32 Å². The van der Waals surface area contributed by atoms with Crippen LogP contribution in [0.3, 0.4) is 0 Å². The van der Waals surface area contributed by atoms with Crippen molar-refractivity contribution in [3.8, 4) is 0 Å². The molecule has 2 heterocycles. The highest BCUT2D eigenvalue weighted by Gasteiger charge is 2.52. The molecule has 7 heteroatoms. The summed E-state index contributed by atoms with van der Waals surface area (Å²) in [5, 5.41) is 10.2. The summed E-state index contributed by atoms with van der Waals surface area (Å²) in [6.45, 7) is 1.79. The standard InChI is InChI=1S/C6H6BrClN4O/c1-6-2(11-12-4(6)7)3(13)9-5(8)10-6/h2,4H,1H3,(H,9,10,13). The molecule has 0 aromatic carbocycles. The van der Waals surface area contributed by atoms with Gasteiger partial charge >= 0.3 is 0 Å². The molecule has 0 aliphatic carbocycles. The van der Waals surface area contributed by atoms with Gasteiger partial charge in [-0.15, -0.1) is 0 Å². The maximum atomic E-state index is 11.4. The van der Waals surface area contributed by atoms with E-state index in [1.807, 2.05) is 0 Å². The number of carbonyl (C=O) groups excluding carboxylic acids is 1. The third-order valence-corrected chi connectivity index (χ3v) is 3.42. The maximum Gasteiger partial charge on any atom is 0.255 e. The van der Waals surface area contributed by atoms with Gasteiger partial charge in [0, 0.05) is 0 Å². The molecule has 0 radical (unpaired) electrons. The molecule has 70 valence electrons. The van der Waals surface area contributed by atoms with E-state index in [0.29, 0.717) is 0 Å². The summed E-state index contributed by atoms with van der Waals surface area (Å²) in [5.41, 5.74) is -0.681. The monoisotopic (exact) mass is 264 g/mol. The molecular formula is C6H6BrClN4O. The van der Waals surface area contributed by atoms with Gasteiger partial charge in [0.05, 0.1) is 0 Å². The number of hydrogen-bond acceptors (Lipinski definition) is 4. The van der Waals surface area contributed by atoms with E-state index in [-0.39, 0.29) is 16.2 Å². The number of amidine groups is 1. The van der Waals surface area contributed by atoms with Crippen molar-refractivity contribution in [1.29, 1.82) is 0 Å². The SMILES string of the molecule is CC12N=C(Cl)NC(=O)C1N=NC2Br. The van der Waals surface area contributed by atoms with Gasteiger partial charge in [0.15, 0.2) is 16.3 Å². The Morgan fingerprint density at radius 2 is 2.31 bits per heavy atom. The van der Waals surface area contributed by atoms with Crippen LogP contribution < -0.4 is 5.32 Å². The number of fused-ring (bicyclic) bond motifs is 1. The predicted octanol–water partition coefficient (Wildman–Crippen LogP) is 1.03. The second-order valence-corrected chi connectivity index (χ2v) is 4.31. The molecule has 0 fully saturated rings. The van der Waals surface area contributed by atoms with E-state index in [2.05, 4.69) is 36.5 Å². The van der Waals surface area contributed by atoms with Gasteiger partial charge in [-0.1, -0.05) is 15.9 Å². The third-order valence-electron chi connectivity index (χ3n) is 2.13. The second-order valence-electron chi connectivity index (χ2n) is 3.09. The highest BCUT2D eigenvalue weighted by atomic mass is 79.9. The number of nitrogens with one attached hydrogen (secondary N) is 1. The van der Waals surface area contributed by atoms with Crippen molar-refractivity contribution in [3.63, 3.8) is 0 Å². The number of amides is 1. The topological polar surface area (TPSA) is 66.2 Å². The molecule has 2 aliphatic rings. The number of nitrogens with zero attached hydrogens (tertiary/aromatic N) is 3. The van der Waals surface area contributed by atoms with Crippen LogP contribution >= 0.6 is 27.5 Å². The second kappa shape index (κ2) is 2.75. The molecule has 3 unspecified atom stereocenters. The lowest BCUT2D eigenvalue weighted by atomic mass is 9.93. The highest BCUT2D eigenvalue weighted by Crippen LogP contribution is 2.37. The van der Waals surface area contributed by atoms with Crippen molar-refractivity contribution in [3.05, 3.63) is 0 Å². The van der Waals surface area contributed by atoms with E-state index in [0.717, 1.165) is 0 Å². The van der Waals surface area contributed by atoms with Crippen molar-refractivity contribution < 1.29 is 4.79 Å². The summed E-state index contributed by atoms with van der Waals surface area (Å²) >= 11 is 8.93. The molecule has 0 aromatic heterocycles. The lowest BCUT2D eigenvalue weighted by Crippen LogP contribution is -2.54. The Morgan fingerprint density at radius 3 is 3.00 bits per heavy atom. The summed E-state index contributed by atoms with van der Waals surface area (Å²) in [6, 6.07) is -0.570. The predicted molar refractivity (Wildman–Crippen MR) is 51.2 cm³/mol. The Hall–Kier alpha value is -0.490. The molecule has 1 N–H and O–H groups in total. The number of alkyl halides is 1. The zero-order chi connectivity index (χ0) is 9.64. The van der Waals surface area contributed by atoms with Gasteiger partial charge in [-0.05, 0) is 18.5 Å². The van der Waals surface area contributed by atoms with Gasteiger partial charge in [-0.2, -0.15) is 10.2 Å². The first-order valence-corrected chi connectivity index (χ1v) is 4.93. The largest absolute Gasteiger partial charge is 0.299 e. The molecule has 1 amide bonds. The Kier molecular flexibility index (Phi) is 1.92. The van der Waals surface area contributed by atoms with Crippen LogP contribution in [0.2, 0.25) is 0 Å². The first-order valence-electron chi connectivity index (χ1n) is 3.64. The van der Waals surface area contributed by atoms with Crippen molar-refractivity contribution in [2.24, 2.45) is 15.2 Å². The highest BCUT2D eigenvalue weighted by molar-refractivity contribution is 9.09. The van der Waals surface area contributed by atoms with Gasteiger partial charge < -0.3 is 0 Å². The number of carbonyl (C=O) groups is 1. The normalized spacial score (nSPS) is 42.7. The molecule has 0 spiro atoms. The van der Waals surface area contributed by atoms with Gasteiger partial charge in [0.2, 0.25) is 0 Å². The van der Waals surface area contributed by atoms with E-state index in [1.165, 1.54) is 0 Å². The minimum atomic E-state index is -0.681. The van der Waals surface area contributed by atoms with E-state index in [1.54, 1.807) is 6.92 Å². The minimum Gasteiger partial charge on any atom is -0.299 e. The number of azo groups is 1. The summed E-state index contributed by atoms with van der Waals surface area (Å²) in [5.74, 6) is -0.256. The van der Waals surface area contributed by atoms with Crippen LogP contribution in [-0.2, 0) is 4.79 Å². The quantitative estimate of drug-likeness (QED) is 0.516. The smallest absolute Gasteiger partial charge is 0.255 e. The van der Waals surface area contributed by atoms with E-state index < -0.39 is 11.6 Å².